The second-order valence-corrected chi connectivity index (χ2v) is 5.37. The molecule has 0 saturated heterocycles. The van der Waals surface area contributed by atoms with Gasteiger partial charge in [-0.1, -0.05) is 13.8 Å². The van der Waals surface area contributed by atoms with Crippen LogP contribution in [0.2, 0.25) is 0 Å². The molecule has 0 aliphatic rings. The molecule has 0 bridgehead atoms. The Bertz CT molecular complexity index is 541. The molecule has 0 aromatic carbocycles. The van der Waals surface area contributed by atoms with Crippen molar-refractivity contribution in [2.45, 2.75) is 26.7 Å². The van der Waals surface area contributed by atoms with E-state index in [1.807, 2.05) is 0 Å². The van der Waals surface area contributed by atoms with E-state index in [4.69, 9.17) is 5.11 Å². The molecule has 3 N–H and O–H groups in total. The van der Waals surface area contributed by atoms with Crippen molar-refractivity contribution >= 4 is 33.3 Å². The van der Waals surface area contributed by atoms with E-state index in [9.17, 15) is 0 Å². The third kappa shape index (κ3) is 3.33. The largest absolute Gasteiger partial charge is 0.395 e. The zero-order valence-corrected chi connectivity index (χ0v) is 12.2. The fraction of sp³-hybridized carbons (Fsp3) is 0.538. The molecular formula is C13H20N4OS. The van der Waals surface area contributed by atoms with E-state index in [-0.39, 0.29) is 6.61 Å². The Morgan fingerprint density at radius 2 is 2.05 bits per heavy atom. The zero-order chi connectivity index (χ0) is 13.7. The number of fused-ring (bicyclic) bond motifs is 1. The fourth-order valence-electron chi connectivity index (χ4n) is 1.77. The van der Waals surface area contributed by atoms with Crippen LogP contribution in [0.3, 0.4) is 0 Å². The minimum absolute atomic E-state index is 0.0913. The molecule has 0 saturated carbocycles. The molecule has 5 nitrogen and oxygen atoms in total. The standard InChI is InChI=1S/C13H20N4OS/c1-3-5-15-13-16-11(14-6-7-18)10-8-9(4-2)19-12(10)17-13/h8,18H,3-7H2,1-2H3,(H2,14,15,16,17). The SMILES string of the molecule is CCCNc1nc(NCCO)c2cc(CC)sc2n1. The van der Waals surface area contributed by atoms with Crippen molar-refractivity contribution in [1.82, 2.24) is 9.97 Å². The molecule has 0 amide bonds. The van der Waals surface area contributed by atoms with Gasteiger partial charge >= 0.3 is 0 Å². The molecule has 0 aliphatic heterocycles. The molecule has 0 aliphatic carbocycles. The minimum atomic E-state index is 0.0913. The topological polar surface area (TPSA) is 70.1 Å². The molecule has 2 aromatic rings. The molecule has 6 heteroatoms. The van der Waals surface area contributed by atoms with Crippen molar-refractivity contribution in [3.05, 3.63) is 10.9 Å². The van der Waals surface area contributed by atoms with E-state index in [0.717, 1.165) is 35.4 Å². The van der Waals surface area contributed by atoms with Gasteiger partial charge in [0.1, 0.15) is 10.6 Å². The van der Waals surface area contributed by atoms with Crippen LogP contribution in [-0.4, -0.2) is 34.8 Å². The van der Waals surface area contributed by atoms with Crippen LogP contribution >= 0.6 is 11.3 Å². The number of aromatic nitrogens is 2. The Kier molecular flexibility index (Phi) is 4.93. The van der Waals surface area contributed by atoms with Crippen LogP contribution < -0.4 is 10.6 Å². The predicted octanol–water partition coefficient (Wildman–Crippen LogP) is 2.48. The first-order valence-corrected chi connectivity index (χ1v) is 7.49. The highest BCUT2D eigenvalue weighted by Crippen LogP contribution is 2.30. The van der Waals surface area contributed by atoms with Crippen LogP contribution in [0.25, 0.3) is 10.2 Å². The smallest absolute Gasteiger partial charge is 0.226 e. The van der Waals surface area contributed by atoms with Crippen LogP contribution in [0.15, 0.2) is 6.07 Å². The van der Waals surface area contributed by atoms with E-state index in [0.29, 0.717) is 12.5 Å². The molecule has 0 atom stereocenters. The summed E-state index contributed by atoms with van der Waals surface area (Å²) in [5.74, 6) is 1.45. The van der Waals surface area contributed by atoms with E-state index in [1.165, 1.54) is 4.88 Å². The molecule has 2 aromatic heterocycles. The van der Waals surface area contributed by atoms with E-state index in [2.05, 4.69) is 40.5 Å². The number of aliphatic hydroxyl groups excluding tert-OH is 1. The molecule has 2 heterocycles. The van der Waals surface area contributed by atoms with Gasteiger partial charge in [-0.25, -0.2) is 4.98 Å². The summed E-state index contributed by atoms with van der Waals surface area (Å²) >= 11 is 1.70. The Morgan fingerprint density at radius 1 is 1.21 bits per heavy atom. The summed E-state index contributed by atoms with van der Waals surface area (Å²) in [5.41, 5.74) is 0. The third-order valence-corrected chi connectivity index (χ3v) is 3.90. The number of hydrogen-bond donors (Lipinski definition) is 3. The van der Waals surface area contributed by atoms with E-state index in [1.54, 1.807) is 11.3 Å². The van der Waals surface area contributed by atoms with Gasteiger partial charge in [0.2, 0.25) is 5.95 Å². The lowest BCUT2D eigenvalue weighted by Gasteiger charge is -2.08. The van der Waals surface area contributed by atoms with Crippen molar-refractivity contribution in [3.63, 3.8) is 0 Å². The summed E-state index contributed by atoms with van der Waals surface area (Å²) in [6, 6.07) is 2.13. The average molecular weight is 280 g/mol. The molecule has 104 valence electrons. The lowest BCUT2D eigenvalue weighted by molar-refractivity contribution is 0.311. The lowest BCUT2D eigenvalue weighted by atomic mass is 10.3. The number of thiophene rings is 1. The van der Waals surface area contributed by atoms with Gasteiger partial charge in [0.05, 0.1) is 12.0 Å². The molecule has 0 unspecified atom stereocenters. The maximum absolute atomic E-state index is 8.94. The monoisotopic (exact) mass is 280 g/mol. The molecule has 2 rings (SSSR count). The number of nitrogens with one attached hydrogen (secondary N) is 2. The van der Waals surface area contributed by atoms with E-state index >= 15 is 0 Å². The summed E-state index contributed by atoms with van der Waals surface area (Å²) in [6.45, 7) is 5.69. The van der Waals surface area contributed by atoms with Gasteiger partial charge in [0, 0.05) is 18.0 Å². The Balaban J connectivity index is 2.37. The number of anilines is 2. The van der Waals surface area contributed by atoms with Crippen LogP contribution in [-0.2, 0) is 6.42 Å². The van der Waals surface area contributed by atoms with Gasteiger partial charge in [0.25, 0.3) is 0 Å². The lowest BCUT2D eigenvalue weighted by Crippen LogP contribution is -2.10. The highest BCUT2D eigenvalue weighted by Gasteiger charge is 2.10. The summed E-state index contributed by atoms with van der Waals surface area (Å²) in [4.78, 5) is 11.3. The van der Waals surface area contributed by atoms with Gasteiger partial charge in [-0.15, -0.1) is 11.3 Å². The minimum Gasteiger partial charge on any atom is -0.395 e. The Morgan fingerprint density at radius 3 is 2.74 bits per heavy atom. The molecule has 0 radical (unpaired) electrons. The summed E-state index contributed by atoms with van der Waals surface area (Å²) in [5, 5.41) is 16.4. The third-order valence-electron chi connectivity index (χ3n) is 2.73. The van der Waals surface area contributed by atoms with Crippen molar-refractivity contribution < 1.29 is 5.11 Å². The summed E-state index contributed by atoms with van der Waals surface area (Å²) < 4.78 is 0. The maximum Gasteiger partial charge on any atom is 0.226 e. The van der Waals surface area contributed by atoms with Gasteiger partial charge in [-0.05, 0) is 18.9 Å². The fourth-order valence-corrected chi connectivity index (χ4v) is 2.74. The molecule has 19 heavy (non-hydrogen) atoms. The molecule has 0 spiro atoms. The van der Waals surface area contributed by atoms with Crippen molar-refractivity contribution in [2.75, 3.05) is 30.3 Å². The Hall–Kier alpha value is -1.40. The van der Waals surface area contributed by atoms with Crippen LogP contribution in [0.1, 0.15) is 25.1 Å². The second kappa shape index (κ2) is 6.68. The number of aryl methyl sites for hydroxylation is 1. The summed E-state index contributed by atoms with van der Waals surface area (Å²) in [6.07, 6.45) is 2.03. The van der Waals surface area contributed by atoms with Crippen molar-refractivity contribution in [2.24, 2.45) is 0 Å². The van der Waals surface area contributed by atoms with Gasteiger partial charge in [-0.2, -0.15) is 4.98 Å². The summed E-state index contributed by atoms with van der Waals surface area (Å²) in [7, 11) is 0. The number of hydrogen-bond acceptors (Lipinski definition) is 6. The average Bonchev–Trinajstić information content (AvgIpc) is 2.85. The normalized spacial score (nSPS) is 10.9. The Labute approximate surface area is 117 Å². The first kappa shape index (κ1) is 14.0. The van der Waals surface area contributed by atoms with Gasteiger partial charge in [0.15, 0.2) is 0 Å². The first-order chi connectivity index (χ1) is 9.28. The zero-order valence-electron chi connectivity index (χ0n) is 11.4. The second-order valence-electron chi connectivity index (χ2n) is 4.26. The van der Waals surface area contributed by atoms with Gasteiger partial charge in [-0.3, -0.25) is 0 Å². The van der Waals surface area contributed by atoms with E-state index < -0.39 is 0 Å². The van der Waals surface area contributed by atoms with Gasteiger partial charge < -0.3 is 15.7 Å². The number of nitrogens with zero attached hydrogens (tertiary/aromatic N) is 2. The highest BCUT2D eigenvalue weighted by atomic mass is 32.1. The number of rotatable bonds is 7. The highest BCUT2D eigenvalue weighted by molar-refractivity contribution is 7.18. The molecule has 0 fully saturated rings. The first-order valence-electron chi connectivity index (χ1n) is 6.67. The number of aliphatic hydroxyl groups is 1. The quantitative estimate of drug-likeness (QED) is 0.727. The van der Waals surface area contributed by atoms with Crippen LogP contribution in [0.4, 0.5) is 11.8 Å². The van der Waals surface area contributed by atoms with Crippen LogP contribution in [0, 0.1) is 0 Å². The predicted molar refractivity (Wildman–Crippen MR) is 81.1 cm³/mol. The van der Waals surface area contributed by atoms with Crippen molar-refractivity contribution in [1.29, 1.82) is 0 Å². The maximum atomic E-state index is 8.94. The van der Waals surface area contributed by atoms with Crippen molar-refractivity contribution in [3.8, 4) is 0 Å². The van der Waals surface area contributed by atoms with Crippen LogP contribution in [0.5, 0.6) is 0 Å². The molecular weight excluding hydrogens is 260 g/mol.